The van der Waals surface area contributed by atoms with E-state index in [0.717, 1.165) is 26.2 Å². The summed E-state index contributed by atoms with van der Waals surface area (Å²) in [4.78, 5) is 28.4. The maximum absolute atomic E-state index is 11.8. The first-order valence-corrected chi connectivity index (χ1v) is 6.68. The Hall–Kier alpha value is -1.10. The third-order valence-corrected chi connectivity index (χ3v) is 3.05. The zero-order valence-corrected chi connectivity index (χ0v) is 12.4. The highest BCUT2D eigenvalue weighted by atomic mass is 16.2. The summed E-state index contributed by atoms with van der Waals surface area (Å²) in [6, 6.07) is 0. The van der Waals surface area contributed by atoms with Gasteiger partial charge in [-0.25, -0.2) is 0 Å². The Balaban J connectivity index is 0.00000137. The molecule has 0 radical (unpaired) electrons. The molecule has 18 heavy (non-hydrogen) atoms. The number of rotatable bonds is 3. The first-order valence-electron chi connectivity index (χ1n) is 6.68. The summed E-state index contributed by atoms with van der Waals surface area (Å²) in [5.41, 5.74) is 0. The van der Waals surface area contributed by atoms with Crippen molar-refractivity contribution < 1.29 is 9.59 Å². The molecule has 5 heteroatoms. The monoisotopic (exact) mass is 257 g/mol. The van der Waals surface area contributed by atoms with Crippen molar-refractivity contribution in [2.24, 2.45) is 0 Å². The number of piperazine rings is 1. The molecule has 0 aromatic carbocycles. The second-order valence-corrected chi connectivity index (χ2v) is 4.37. The fourth-order valence-corrected chi connectivity index (χ4v) is 1.63. The lowest BCUT2D eigenvalue weighted by Crippen LogP contribution is -2.47. The minimum atomic E-state index is 0.00572. The Morgan fingerprint density at radius 2 is 1.61 bits per heavy atom. The summed E-state index contributed by atoms with van der Waals surface area (Å²) >= 11 is 0. The lowest BCUT2D eigenvalue weighted by Gasteiger charge is -2.32. The normalized spacial score (nSPS) is 15.7. The molecule has 0 aliphatic carbocycles. The molecule has 2 amide bonds. The standard InChI is InChI=1S/C11H21N3O2.C2H6/c1-10(15)13(3)5-4-11(16)14-8-6-12(2)7-9-14;1-2/h4-9H2,1-3H3;1-2H3. The van der Waals surface area contributed by atoms with Gasteiger partial charge in [-0.2, -0.15) is 0 Å². The van der Waals surface area contributed by atoms with E-state index in [4.69, 9.17) is 0 Å². The second kappa shape index (κ2) is 8.91. The number of carbonyl (C=O) groups is 2. The number of likely N-dealkylation sites (N-methyl/N-ethyl adjacent to an activating group) is 1. The van der Waals surface area contributed by atoms with Crippen molar-refractivity contribution in [1.29, 1.82) is 0 Å². The lowest BCUT2D eigenvalue weighted by atomic mass is 10.3. The highest BCUT2D eigenvalue weighted by Crippen LogP contribution is 2.02. The molecule has 1 heterocycles. The van der Waals surface area contributed by atoms with Gasteiger partial charge in [-0.15, -0.1) is 0 Å². The number of amides is 2. The largest absolute Gasteiger partial charge is 0.345 e. The summed E-state index contributed by atoms with van der Waals surface area (Å²) in [6.07, 6.45) is 0.430. The fourth-order valence-electron chi connectivity index (χ4n) is 1.63. The van der Waals surface area contributed by atoms with Gasteiger partial charge >= 0.3 is 0 Å². The smallest absolute Gasteiger partial charge is 0.224 e. The lowest BCUT2D eigenvalue weighted by molar-refractivity contribution is -0.134. The topological polar surface area (TPSA) is 43.9 Å². The minimum absolute atomic E-state index is 0.00572. The average Bonchev–Trinajstić information content (AvgIpc) is 2.38. The molecule has 106 valence electrons. The number of hydrogen-bond donors (Lipinski definition) is 0. The van der Waals surface area contributed by atoms with Crippen LogP contribution in [0.1, 0.15) is 27.2 Å². The molecule has 1 saturated heterocycles. The molecule has 0 N–H and O–H groups in total. The van der Waals surface area contributed by atoms with Crippen LogP contribution in [0.4, 0.5) is 0 Å². The quantitative estimate of drug-likeness (QED) is 0.746. The Bertz CT molecular complexity index is 261. The molecular weight excluding hydrogens is 230 g/mol. The van der Waals surface area contributed by atoms with Crippen LogP contribution in [0.15, 0.2) is 0 Å². The molecule has 0 aromatic rings. The van der Waals surface area contributed by atoms with Gasteiger partial charge in [0.05, 0.1) is 0 Å². The zero-order valence-electron chi connectivity index (χ0n) is 12.4. The Morgan fingerprint density at radius 3 is 2.06 bits per heavy atom. The molecule has 1 rings (SSSR count). The molecule has 0 aromatic heterocycles. The molecule has 1 fully saturated rings. The first-order chi connectivity index (χ1) is 8.50. The third-order valence-electron chi connectivity index (χ3n) is 3.05. The predicted octanol–water partition coefficient (Wildman–Crippen LogP) is 0.655. The molecule has 0 bridgehead atoms. The SMILES string of the molecule is CC.CC(=O)N(C)CCC(=O)N1CCN(C)CC1. The predicted molar refractivity (Wildman–Crippen MR) is 73.4 cm³/mol. The van der Waals surface area contributed by atoms with Gasteiger partial charge < -0.3 is 14.7 Å². The molecule has 0 atom stereocenters. The Labute approximate surface area is 111 Å². The van der Waals surface area contributed by atoms with Gasteiger partial charge in [0.15, 0.2) is 0 Å². The highest BCUT2D eigenvalue weighted by molar-refractivity contribution is 5.78. The summed E-state index contributed by atoms with van der Waals surface area (Å²) in [7, 11) is 3.78. The van der Waals surface area contributed by atoms with Crippen molar-refractivity contribution >= 4 is 11.8 Å². The van der Waals surface area contributed by atoms with Crippen molar-refractivity contribution in [2.45, 2.75) is 27.2 Å². The first kappa shape index (κ1) is 16.9. The van der Waals surface area contributed by atoms with E-state index in [1.807, 2.05) is 18.7 Å². The van der Waals surface area contributed by atoms with E-state index >= 15 is 0 Å². The Morgan fingerprint density at radius 1 is 1.11 bits per heavy atom. The zero-order chi connectivity index (χ0) is 14.1. The van der Waals surface area contributed by atoms with Gasteiger partial charge in [0.2, 0.25) is 11.8 Å². The van der Waals surface area contributed by atoms with Crippen LogP contribution in [-0.2, 0) is 9.59 Å². The van der Waals surface area contributed by atoms with Crippen LogP contribution in [-0.4, -0.2) is 73.3 Å². The van der Waals surface area contributed by atoms with E-state index in [1.54, 1.807) is 11.9 Å². The van der Waals surface area contributed by atoms with Crippen LogP contribution in [0.2, 0.25) is 0 Å². The number of nitrogens with zero attached hydrogens (tertiary/aromatic N) is 3. The van der Waals surface area contributed by atoms with Gasteiger partial charge in [0, 0.05) is 53.1 Å². The van der Waals surface area contributed by atoms with Crippen LogP contribution in [0.5, 0.6) is 0 Å². The molecular formula is C13H27N3O2. The van der Waals surface area contributed by atoms with E-state index < -0.39 is 0 Å². The molecule has 1 aliphatic rings. The summed E-state index contributed by atoms with van der Waals surface area (Å²) in [5.74, 6) is 0.160. The molecule has 0 unspecified atom stereocenters. The van der Waals surface area contributed by atoms with E-state index in [1.165, 1.54) is 6.92 Å². The van der Waals surface area contributed by atoms with Gasteiger partial charge in [-0.1, -0.05) is 13.8 Å². The summed E-state index contributed by atoms with van der Waals surface area (Å²) in [6.45, 7) is 9.52. The van der Waals surface area contributed by atoms with Crippen molar-refractivity contribution in [3.05, 3.63) is 0 Å². The number of hydrogen-bond acceptors (Lipinski definition) is 3. The van der Waals surface area contributed by atoms with Gasteiger partial charge in [0.25, 0.3) is 0 Å². The summed E-state index contributed by atoms with van der Waals surface area (Å²) < 4.78 is 0. The van der Waals surface area contributed by atoms with Gasteiger partial charge in [-0.3, -0.25) is 9.59 Å². The summed E-state index contributed by atoms with van der Waals surface area (Å²) in [5, 5.41) is 0. The van der Waals surface area contributed by atoms with Crippen molar-refractivity contribution in [1.82, 2.24) is 14.7 Å². The van der Waals surface area contributed by atoms with Crippen LogP contribution in [0, 0.1) is 0 Å². The third kappa shape index (κ3) is 6.00. The average molecular weight is 257 g/mol. The van der Waals surface area contributed by atoms with Crippen LogP contribution >= 0.6 is 0 Å². The van der Waals surface area contributed by atoms with E-state index in [0.29, 0.717) is 13.0 Å². The van der Waals surface area contributed by atoms with Crippen LogP contribution in [0.25, 0.3) is 0 Å². The molecule has 0 spiro atoms. The van der Waals surface area contributed by atoms with Gasteiger partial charge in [0.1, 0.15) is 0 Å². The van der Waals surface area contributed by atoms with E-state index in [-0.39, 0.29) is 11.8 Å². The van der Waals surface area contributed by atoms with Crippen LogP contribution in [0.3, 0.4) is 0 Å². The van der Waals surface area contributed by atoms with Crippen molar-refractivity contribution in [2.75, 3.05) is 46.8 Å². The van der Waals surface area contributed by atoms with Gasteiger partial charge in [-0.05, 0) is 7.05 Å². The van der Waals surface area contributed by atoms with E-state index in [9.17, 15) is 9.59 Å². The maximum atomic E-state index is 11.8. The molecule has 0 saturated carbocycles. The highest BCUT2D eigenvalue weighted by Gasteiger charge is 2.19. The fraction of sp³-hybridized carbons (Fsp3) is 0.846. The van der Waals surface area contributed by atoms with Crippen molar-refractivity contribution in [3.63, 3.8) is 0 Å². The number of carbonyl (C=O) groups excluding carboxylic acids is 2. The van der Waals surface area contributed by atoms with E-state index in [2.05, 4.69) is 11.9 Å². The molecule has 1 aliphatic heterocycles. The second-order valence-electron chi connectivity index (χ2n) is 4.37. The minimum Gasteiger partial charge on any atom is -0.345 e. The van der Waals surface area contributed by atoms with Crippen LogP contribution < -0.4 is 0 Å². The molecule has 5 nitrogen and oxygen atoms in total. The van der Waals surface area contributed by atoms with Crippen molar-refractivity contribution in [3.8, 4) is 0 Å². The Kier molecular flexibility index (Phi) is 8.37. The maximum Gasteiger partial charge on any atom is 0.224 e.